The van der Waals surface area contributed by atoms with Crippen LogP contribution in [0.1, 0.15) is 16.5 Å². The number of ether oxygens (including phenoxy) is 1. The zero-order chi connectivity index (χ0) is 13.8. The average molecular weight is 318 g/mol. The van der Waals surface area contributed by atoms with Crippen molar-refractivity contribution in [1.29, 1.82) is 0 Å². The molecule has 3 aromatic rings. The minimum Gasteiger partial charge on any atom is -0.457 e. The monoisotopic (exact) mass is 317 g/mol. The maximum Gasteiger partial charge on any atom is 0.127 e. The summed E-state index contributed by atoms with van der Waals surface area (Å²) < 4.78 is 5.77. The van der Waals surface area contributed by atoms with Crippen LogP contribution in [-0.4, -0.2) is 0 Å². The fourth-order valence-electron chi connectivity index (χ4n) is 2.00. The highest BCUT2D eigenvalue weighted by Crippen LogP contribution is 2.27. The molecule has 0 aliphatic heterocycles. The molecule has 0 bridgehead atoms. The van der Waals surface area contributed by atoms with Crippen molar-refractivity contribution < 1.29 is 4.74 Å². The third-order valence-corrected chi connectivity index (χ3v) is 4.02. The number of thiophene rings is 1. The summed E-state index contributed by atoms with van der Waals surface area (Å²) >= 11 is 1.68. The van der Waals surface area contributed by atoms with Crippen LogP contribution < -0.4 is 10.5 Å². The number of hydrogen-bond acceptors (Lipinski definition) is 3. The Kier molecular flexibility index (Phi) is 5.39. The molecule has 0 saturated carbocycles. The predicted octanol–water partition coefficient (Wildman–Crippen LogP) is 5.01. The maximum atomic E-state index is 6.23. The van der Waals surface area contributed by atoms with Gasteiger partial charge in [0, 0.05) is 4.88 Å². The second-order valence-corrected chi connectivity index (χ2v) is 5.46. The van der Waals surface area contributed by atoms with E-state index in [0.717, 1.165) is 17.1 Å². The Balaban J connectivity index is 0.00000161. The smallest absolute Gasteiger partial charge is 0.127 e. The van der Waals surface area contributed by atoms with E-state index in [1.54, 1.807) is 11.3 Å². The quantitative estimate of drug-likeness (QED) is 0.734. The Bertz CT molecular complexity index is 653. The van der Waals surface area contributed by atoms with Crippen molar-refractivity contribution in [2.45, 2.75) is 6.04 Å². The Morgan fingerprint density at radius 3 is 2.10 bits per heavy atom. The standard InChI is InChI=1S/C17H15NOS.ClH/c18-17(16-7-4-12-20-16)13-8-10-15(11-9-13)19-14-5-2-1-3-6-14;/h1-12,17H,18H2;1H/t17-;/m0./s1. The van der Waals surface area contributed by atoms with Crippen molar-refractivity contribution in [3.05, 3.63) is 82.6 Å². The lowest BCUT2D eigenvalue weighted by atomic mass is 10.1. The molecular formula is C17H16ClNOS. The minimum atomic E-state index is -0.0687. The highest BCUT2D eigenvalue weighted by Gasteiger charge is 2.09. The molecule has 0 saturated heterocycles. The topological polar surface area (TPSA) is 35.2 Å². The second-order valence-electron chi connectivity index (χ2n) is 4.48. The maximum absolute atomic E-state index is 6.23. The molecule has 0 fully saturated rings. The summed E-state index contributed by atoms with van der Waals surface area (Å²) in [4.78, 5) is 1.17. The summed E-state index contributed by atoms with van der Waals surface area (Å²) in [6.07, 6.45) is 0. The van der Waals surface area contributed by atoms with Crippen molar-refractivity contribution >= 4 is 23.7 Å². The molecule has 108 valence electrons. The average Bonchev–Trinajstić information content (AvgIpc) is 3.03. The summed E-state index contributed by atoms with van der Waals surface area (Å²) in [6.45, 7) is 0. The van der Waals surface area contributed by atoms with Crippen molar-refractivity contribution in [2.75, 3.05) is 0 Å². The van der Waals surface area contributed by atoms with Crippen LogP contribution >= 0.6 is 23.7 Å². The van der Waals surface area contributed by atoms with Crippen molar-refractivity contribution in [1.82, 2.24) is 0 Å². The molecule has 1 atom stereocenters. The highest BCUT2D eigenvalue weighted by atomic mass is 35.5. The lowest BCUT2D eigenvalue weighted by Crippen LogP contribution is -2.09. The third-order valence-electron chi connectivity index (χ3n) is 3.07. The number of rotatable bonds is 4. The number of nitrogens with two attached hydrogens (primary N) is 1. The van der Waals surface area contributed by atoms with Gasteiger partial charge in [-0.15, -0.1) is 23.7 Å². The van der Waals surface area contributed by atoms with E-state index in [1.165, 1.54) is 4.88 Å². The molecule has 1 heterocycles. The molecule has 21 heavy (non-hydrogen) atoms. The molecular weight excluding hydrogens is 302 g/mol. The summed E-state index contributed by atoms with van der Waals surface area (Å²) in [5.74, 6) is 1.65. The van der Waals surface area contributed by atoms with Crippen LogP contribution in [0.15, 0.2) is 72.1 Å². The van der Waals surface area contributed by atoms with E-state index < -0.39 is 0 Å². The van der Waals surface area contributed by atoms with E-state index in [0.29, 0.717) is 0 Å². The second kappa shape index (κ2) is 7.27. The van der Waals surface area contributed by atoms with Gasteiger partial charge in [0.2, 0.25) is 0 Å². The first-order valence-corrected chi connectivity index (χ1v) is 7.33. The largest absolute Gasteiger partial charge is 0.457 e. The Morgan fingerprint density at radius 1 is 0.810 bits per heavy atom. The lowest BCUT2D eigenvalue weighted by Gasteiger charge is -2.11. The number of benzene rings is 2. The molecule has 0 radical (unpaired) electrons. The summed E-state index contributed by atoms with van der Waals surface area (Å²) in [6, 6.07) is 21.7. The first kappa shape index (κ1) is 15.6. The van der Waals surface area contributed by atoms with Gasteiger partial charge < -0.3 is 10.5 Å². The number of para-hydroxylation sites is 1. The zero-order valence-corrected chi connectivity index (χ0v) is 12.9. The Morgan fingerprint density at radius 2 is 1.48 bits per heavy atom. The zero-order valence-electron chi connectivity index (χ0n) is 11.3. The number of hydrogen-bond donors (Lipinski definition) is 1. The fourth-order valence-corrected chi connectivity index (χ4v) is 2.75. The van der Waals surface area contributed by atoms with Crippen LogP contribution in [0, 0.1) is 0 Å². The normalized spacial score (nSPS) is 11.5. The van der Waals surface area contributed by atoms with Crippen molar-refractivity contribution in [2.24, 2.45) is 5.73 Å². The number of halogens is 1. The van der Waals surface area contributed by atoms with Gasteiger partial charge in [-0.3, -0.25) is 0 Å². The van der Waals surface area contributed by atoms with E-state index in [-0.39, 0.29) is 18.4 Å². The van der Waals surface area contributed by atoms with Gasteiger partial charge in [0.1, 0.15) is 11.5 Å². The van der Waals surface area contributed by atoms with E-state index in [1.807, 2.05) is 66.0 Å². The van der Waals surface area contributed by atoms with Crippen molar-refractivity contribution in [3.8, 4) is 11.5 Å². The fraction of sp³-hybridized carbons (Fsp3) is 0.0588. The first-order chi connectivity index (χ1) is 9.83. The van der Waals surface area contributed by atoms with Gasteiger partial charge in [0.25, 0.3) is 0 Å². The van der Waals surface area contributed by atoms with E-state index in [4.69, 9.17) is 10.5 Å². The van der Waals surface area contributed by atoms with Gasteiger partial charge in [-0.1, -0.05) is 36.4 Å². The summed E-state index contributed by atoms with van der Waals surface area (Å²) in [7, 11) is 0. The SMILES string of the molecule is Cl.N[C@@H](c1ccc(Oc2ccccc2)cc1)c1cccs1. The predicted molar refractivity (Wildman–Crippen MR) is 90.6 cm³/mol. The molecule has 0 aliphatic rings. The molecule has 0 amide bonds. The van der Waals surface area contributed by atoms with E-state index >= 15 is 0 Å². The first-order valence-electron chi connectivity index (χ1n) is 6.45. The van der Waals surface area contributed by atoms with Crippen LogP contribution in [0.4, 0.5) is 0 Å². The third kappa shape index (κ3) is 3.85. The van der Waals surface area contributed by atoms with Gasteiger partial charge in [0.15, 0.2) is 0 Å². The van der Waals surface area contributed by atoms with Crippen molar-refractivity contribution in [3.63, 3.8) is 0 Å². The molecule has 2 N–H and O–H groups in total. The van der Waals surface area contributed by atoms with Gasteiger partial charge in [-0.2, -0.15) is 0 Å². The summed E-state index contributed by atoms with van der Waals surface area (Å²) in [5, 5.41) is 2.04. The van der Waals surface area contributed by atoms with Crippen LogP contribution in [0.3, 0.4) is 0 Å². The van der Waals surface area contributed by atoms with Gasteiger partial charge >= 0.3 is 0 Å². The lowest BCUT2D eigenvalue weighted by molar-refractivity contribution is 0.482. The van der Waals surface area contributed by atoms with Crippen LogP contribution in [0.5, 0.6) is 11.5 Å². The molecule has 0 aliphatic carbocycles. The van der Waals surface area contributed by atoms with Gasteiger partial charge in [-0.25, -0.2) is 0 Å². The van der Waals surface area contributed by atoms with Gasteiger partial charge in [0.05, 0.1) is 6.04 Å². The molecule has 2 nitrogen and oxygen atoms in total. The molecule has 3 rings (SSSR count). The molecule has 4 heteroatoms. The van der Waals surface area contributed by atoms with Crippen LogP contribution in [0.2, 0.25) is 0 Å². The van der Waals surface area contributed by atoms with Gasteiger partial charge in [-0.05, 0) is 41.3 Å². The molecule has 0 spiro atoms. The summed E-state index contributed by atoms with van der Waals surface area (Å²) in [5.41, 5.74) is 7.32. The minimum absolute atomic E-state index is 0. The Labute approximate surface area is 134 Å². The van der Waals surface area contributed by atoms with Crippen LogP contribution in [-0.2, 0) is 0 Å². The highest BCUT2D eigenvalue weighted by molar-refractivity contribution is 7.10. The molecule has 2 aromatic carbocycles. The molecule has 0 unspecified atom stereocenters. The molecule has 1 aromatic heterocycles. The van der Waals surface area contributed by atoms with E-state index in [2.05, 4.69) is 6.07 Å². The van der Waals surface area contributed by atoms with E-state index in [9.17, 15) is 0 Å². The van der Waals surface area contributed by atoms with Crippen LogP contribution in [0.25, 0.3) is 0 Å². The Hall–Kier alpha value is -1.81.